The van der Waals surface area contributed by atoms with E-state index < -0.39 is 0 Å². The van der Waals surface area contributed by atoms with Gasteiger partial charge in [-0.3, -0.25) is 4.79 Å². The van der Waals surface area contributed by atoms with Crippen LogP contribution in [0, 0.1) is 11.8 Å². The molecular weight excluding hydrogens is 150 g/mol. The van der Waals surface area contributed by atoms with Crippen LogP contribution in [0.2, 0.25) is 0 Å². The highest BCUT2D eigenvalue weighted by atomic mass is 16.1. The molecule has 0 heterocycles. The Balaban J connectivity index is 3.57. The number of hydrogen-bond acceptors (Lipinski definition) is 1. The van der Waals surface area contributed by atoms with E-state index in [1.54, 1.807) is 0 Å². The summed E-state index contributed by atoms with van der Waals surface area (Å²) in [6, 6.07) is 0. The molecule has 0 bridgehead atoms. The maximum absolute atomic E-state index is 11.3. The number of amides is 1. The molecule has 2 nitrogen and oxygen atoms in total. The van der Waals surface area contributed by atoms with Crippen LogP contribution in [0.25, 0.3) is 0 Å². The molecule has 1 N–H and O–H groups in total. The van der Waals surface area contributed by atoms with Gasteiger partial charge in [-0.15, -0.1) is 0 Å². The molecule has 0 aromatic carbocycles. The molecule has 2 heteroatoms. The van der Waals surface area contributed by atoms with Gasteiger partial charge in [0.2, 0.25) is 5.91 Å². The van der Waals surface area contributed by atoms with E-state index in [1.807, 2.05) is 6.92 Å². The summed E-state index contributed by atoms with van der Waals surface area (Å²) in [5, 5.41) is 2.93. The van der Waals surface area contributed by atoms with E-state index in [9.17, 15) is 4.79 Å². The number of carbonyl (C=O) groups excluding carboxylic acids is 1. The van der Waals surface area contributed by atoms with Crippen molar-refractivity contribution < 1.29 is 4.79 Å². The Morgan fingerprint density at radius 2 is 1.92 bits per heavy atom. The number of hydrogen-bond donors (Lipinski definition) is 1. The van der Waals surface area contributed by atoms with Gasteiger partial charge in [-0.05, 0) is 12.3 Å². The van der Waals surface area contributed by atoms with Crippen molar-refractivity contribution in [3.63, 3.8) is 0 Å². The zero-order chi connectivity index (χ0) is 9.56. The van der Waals surface area contributed by atoms with Crippen LogP contribution < -0.4 is 5.32 Å². The molecule has 1 atom stereocenters. The van der Waals surface area contributed by atoms with Crippen molar-refractivity contribution in [2.24, 2.45) is 11.8 Å². The zero-order valence-electron chi connectivity index (χ0n) is 8.68. The molecule has 0 radical (unpaired) electrons. The van der Waals surface area contributed by atoms with Gasteiger partial charge in [-0.25, -0.2) is 0 Å². The highest BCUT2D eigenvalue weighted by molar-refractivity contribution is 5.78. The summed E-state index contributed by atoms with van der Waals surface area (Å²) >= 11 is 0. The van der Waals surface area contributed by atoms with Crippen LogP contribution in [0.15, 0.2) is 0 Å². The standard InChI is InChI=1S/C10H21NO/c1-5-6-7-11-10(12)9(4)8(2)3/h8-9H,5-7H2,1-4H3,(H,11,12). The first kappa shape index (κ1) is 11.5. The summed E-state index contributed by atoms with van der Waals surface area (Å²) in [6.07, 6.45) is 2.22. The van der Waals surface area contributed by atoms with Crippen LogP contribution in [0.3, 0.4) is 0 Å². The smallest absolute Gasteiger partial charge is 0.223 e. The van der Waals surface area contributed by atoms with Gasteiger partial charge in [-0.1, -0.05) is 34.1 Å². The molecule has 0 spiro atoms. The minimum absolute atomic E-state index is 0.141. The van der Waals surface area contributed by atoms with Gasteiger partial charge in [0.1, 0.15) is 0 Å². The molecule has 0 aliphatic heterocycles. The number of unbranched alkanes of at least 4 members (excludes halogenated alkanes) is 1. The first-order valence-electron chi connectivity index (χ1n) is 4.87. The van der Waals surface area contributed by atoms with Crippen LogP contribution in [0.5, 0.6) is 0 Å². The van der Waals surface area contributed by atoms with E-state index in [1.165, 1.54) is 0 Å². The number of nitrogens with one attached hydrogen (secondary N) is 1. The van der Waals surface area contributed by atoms with E-state index in [0.29, 0.717) is 5.92 Å². The van der Waals surface area contributed by atoms with Gasteiger partial charge in [0, 0.05) is 12.5 Å². The van der Waals surface area contributed by atoms with Crippen molar-refractivity contribution in [1.29, 1.82) is 0 Å². The lowest BCUT2D eigenvalue weighted by Gasteiger charge is -2.14. The summed E-state index contributed by atoms with van der Waals surface area (Å²) in [6.45, 7) is 9.07. The second-order valence-electron chi connectivity index (χ2n) is 3.68. The fraction of sp³-hybridized carbons (Fsp3) is 0.900. The molecule has 1 amide bonds. The topological polar surface area (TPSA) is 29.1 Å². The lowest BCUT2D eigenvalue weighted by Crippen LogP contribution is -2.32. The molecule has 12 heavy (non-hydrogen) atoms. The summed E-state index contributed by atoms with van der Waals surface area (Å²) in [4.78, 5) is 11.3. The monoisotopic (exact) mass is 171 g/mol. The average Bonchev–Trinajstić information content (AvgIpc) is 2.03. The fourth-order valence-corrected chi connectivity index (χ4v) is 0.852. The Bertz CT molecular complexity index is 132. The molecule has 0 saturated heterocycles. The third-order valence-corrected chi connectivity index (χ3v) is 2.24. The largest absolute Gasteiger partial charge is 0.356 e. The van der Waals surface area contributed by atoms with Crippen molar-refractivity contribution in [2.75, 3.05) is 6.54 Å². The first-order valence-corrected chi connectivity index (χ1v) is 4.87. The molecule has 0 aromatic heterocycles. The van der Waals surface area contributed by atoms with Crippen molar-refractivity contribution in [2.45, 2.75) is 40.5 Å². The van der Waals surface area contributed by atoms with Crippen molar-refractivity contribution in [3.8, 4) is 0 Å². The summed E-state index contributed by atoms with van der Waals surface area (Å²) in [5.41, 5.74) is 0. The van der Waals surface area contributed by atoms with Crippen LogP contribution in [-0.2, 0) is 4.79 Å². The van der Waals surface area contributed by atoms with Crippen LogP contribution in [0.1, 0.15) is 40.5 Å². The van der Waals surface area contributed by atoms with Crippen molar-refractivity contribution in [1.82, 2.24) is 5.32 Å². The third kappa shape index (κ3) is 4.37. The molecule has 0 saturated carbocycles. The Kier molecular flexibility index (Phi) is 5.77. The predicted molar refractivity (Wildman–Crippen MR) is 51.9 cm³/mol. The lowest BCUT2D eigenvalue weighted by molar-refractivity contribution is -0.125. The van der Waals surface area contributed by atoms with Gasteiger partial charge in [-0.2, -0.15) is 0 Å². The molecule has 72 valence electrons. The molecule has 0 aliphatic rings. The van der Waals surface area contributed by atoms with Crippen LogP contribution >= 0.6 is 0 Å². The lowest BCUT2D eigenvalue weighted by atomic mass is 9.97. The van der Waals surface area contributed by atoms with Gasteiger partial charge >= 0.3 is 0 Å². The molecular formula is C10H21NO. The Labute approximate surface area is 75.7 Å². The van der Waals surface area contributed by atoms with Crippen molar-refractivity contribution in [3.05, 3.63) is 0 Å². The molecule has 0 fully saturated rings. The Hall–Kier alpha value is -0.530. The maximum atomic E-state index is 11.3. The van der Waals surface area contributed by atoms with Gasteiger partial charge in [0.05, 0.1) is 0 Å². The van der Waals surface area contributed by atoms with E-state index in [-0.39, 0.29) is 11.8 Å². The van der Waals surface area contributed by atoms with Gasteiger partial charge < -0.3 is 5.32 Å². The Morgan fingerprint density at radius 1 is 1.33 bits per heavy atom. The fourth-order valence-electron chi connectivity index (χ4n) is 0.852. The second-order valence-corrected chi connectivity index (χ2v) is 3.68. The first-order chi connectivity index (χ1) is 5.59. The zero-order valence-corrected chi connectivity index (χ0v) is 8.68. The third-order valence-electron chi connectivity index (χ3n) is 2.24. The van der Waals surface area contributed by atoms with E-state index in [2.05, 4.69) is 26.1 Å². The summed E-state index contributed by atoms with van der Waals surface area (Å²) in [7, 11) is 0. The van der Waals surface area contributed by atoms with Gasteiger partial charge in [0.15, 0.2) is 0 Å². The van der Waals surface area contributed by atoms with E-state index in [0.717, 1.165) is 19.4 Å². The second kappa shape index (κ2) is 6.04. The minimum Gasteiger partial charge on any atom is -0.356 e. The van der Waals surface area contributed by atoms with Gasteiger partial charge in [0.25, 0.3) is 0 Å². The van der Waals surface area contributed by atoms with E-state index in [4.69, 9.17) is 0 Å². The highest BCUT2D eigenvalue weighted by Crippen LogP contribution is 2.08. The average molecular weight is 171 g/mol. The Morgan fingerprint density at radius 3 is 2.33 bits per heavy atom. The predicted octanol–water partition coefficient (Wildman–Crippen LogP) is 2.19. The van der Waals surface area contributed by atoms with Crippen LogP contribution in [0.4, 0.5) is 0 Å². The molecule has 0 rings (SSSR count). The molecule has 0 aliphatic carbocycles. The van der Waals surface area contributed by atoms with Crippen molar-refractivity contribution >= 4 is 5.91 Å². The normalized spacial score (nSPS) is 13.1. The number of carbonyl (C=O) groups is 1. The number of rotatable bonds is 5. The maximum Gasteiger partial charge on any atom is 0.223 e. The van der Waals surface area contributed by atoms with E-state index >= 15 is 0 Å². The molecule has 0 aromatic rings. The van der Waals surface area contributed by atoms with Crippen LogP contribution in [-0.4, -0.2) is 12.5 Å². The molecule has 1 unspecified atom stereocenters. The quantitative estimate of drug-likeness (QED) is 0.631. The summed E-state index contributed by atoms with van der Waals surface area (Å²) < 4.78 is 0. The SMILES string of the molecule is CCCCNC(=O)C(C)C(C)C. The highest BCUT2D eigenvalue weighted by Gasteiger charge is 2.15. The summed E-state index contributed by atoms with van der Waals surface area (Å²) in [5.74, 6) is 0.770. The minimum atomic E-state index is 0.141.